The molecule has 1 aliphatic carbocycles. The van der Waals surface area contributed by atoms with Crippen LogP contribution in [0.25, 0.3) is 0 Å². The number of hydrogen-bond donors (Lipinski definition) is 3. The fraction of sp³-hybridized carbons (Fsp3) is 0.562. The molecule has 1 fully saturated rings. The van der Waals surface area contributed by atoms with Crippen LogP contribution in [0.5, 0.6) is 0 Å². The zero-order valence-electron chi connectivity index (χ0n) is 11.6. The van der Waals surface area contributed by atoms with Gasteiger partial charge in [-0.2, -0.15) is 0 Å². The molecule has 20 heavy (non-hydrogen) atoms. The monoisotopic (exact) mass is 294 g/mol. The van der Waals surface area contributed by atoms with Crippen LogP contribution in [-0.2, 0) is 11.2 Å². The lowest BCUT2D eigenvalue weighted by molar-refractivity contribution is -0.146. The summed E-state index contributed by atoms with van der Waals surface area (Å²) in [5, 5.41) is 18.0. The van der Waals surface area contributed by atoms with Gasteiger partial charge in [-0.3, -0.25) is 0 Å². The predicted octanol–water partition coefficient (Wildman–Crippen LogP) is 3.40. The van der Waals surface area contributed by atoms with E-state index in [0.29, 0.717) is 12.3 Å². The van der Waals surface area contributed by atoms with Crippen molar-refractivity contribution < 1.29 is 15.0 Å². The average Bonchev–Trinajstić information content (AvgIpc) is 2.45. The van der Waals surface area contributed by atoms with E-state index in [4.69, 9.17) is 5.11 Å². The number of aliphatic hydroxyl groups is 1. The smallest absolute Gasteiger partial charge is 0.332 e. The third kappa shape index (κ3) is 4.00. The minimum atomic E-state index is -1.28. The van der Waals surface area contributed by atoms with Crippen molar-refractivity contribution in [3.63, 3.8) is 0 Å². The Labute approximate surface area is 125 Å². The summed E-state index contributed by atoms with van der Waals surface area (Å²) >= 11 is 4.58. The number of aliphatic carboxylic acids is 1. The van der Waals surface area contributed by atoms with Crippen molar-refractivity contribution in [2.45, 2.75) is 61.9 Å². The Kier molecular flexibility index (Phi) is 5.49. The van der Waals surface area contributed by atoms with Gasteiger partial charge in [0.1, 0.15) is 0 Å². The highest BCUT2D eigenvalue weighted by molar-refractivity contribution is 7.80. The molecule has 2 rings (SSSR count). The number of carboxylic acids is 1. The van der Waals surface area contributed by atoms with E-state index in [1.165, 1.54) is 37.7 Å². The van der Waals surface area contributed by atoms with Gasteiger partial charge in [0.25, 0.3) is 0 Å². The second-order valence-electron chi connectivity index (χ2n) is 5.62. The van der Waals surface area contributed by atoms with Gasteiger partial charge < -0.3 is 10.2 Å². The molecule has 0 bridgehead atoms. The molecule has 0 aliphatic heterocycles. The number of aryl methyl sites for hydroxylation is 1. The first-order chi connectivity index (χ1) is 9.58. The minimum Gasteiger partial charge on any atom is -0.479 e. The summed E-state index contributed by atoms with van der Waals surface area (Å²) in [6, 6.07) is 6.18. The van der Waals surface area contributed by atoms with E-state index in [1.807, 2.05) is 12.1 Å². The number of carboxylic acid groups (broad SMARTS) is 1. The van der Waals surface area contributed by atoms with E-state index >= 15 is 0 Å². The molecular weight excluding hydrogens is 272 g/mol. The van der Waals surface area contributed by atoms with Gasteiger partial charge in [0.2, 0.25) is 0 Å². The summed E-state index contributed by atoms with van der Waals surface area (Å²) in [7, 11) is 0. The van der Waals surface area contributed by atoms with Crippen molar-refractivity contribution in [3.05, 3.63) is 29.3 Å². The van der Waals surface area contributed by atoms with Crippen molar-refractivity contribution in [2.24, 2.45) is 0 Å². The Morgan fingerprint density at radius 2 is 2.00 bits per heavy atom. The lowest BCUT2D eigenvalue weighted by Crippen LogP contribution is -2.19. The highest BCUT2D eigenvalue weighted by Crippen LogP contribution is 2.36. The van der Waals surface area contributed by atoms with Crippen LogP contribution in [-0.4, -0.2) is 22.3 Å². The minimum absolute atomic E-state index is 0.241. The Morgan fingerprint density at radius 1 is 1.30 bits per heavy atom. The molecule has 3 nitrogen and oxygen atoms in total. The normalized spacial score (nSPS) is 17.9. The zero-order chi connectivity index (χ0) is 14.5. The summed E-state index contributed by atoms with van der Waals surface area (Å²) in [5.74, 6) is -0.537. The van der Waals surface area contributed by atoms with Crippen LogP contribution in [0.4, 0.5) is 0 Å². The van der Waals surface area contributed by atoms with Gasteiger partial charge in [-0.15, -0.1) is 12.6 Å². The molecule has 2 N–H and O–H groups in total. The molecule has 1 atom stereocenters. The van der Waals surface area contributed by atoms with Gasteiger partial charge in [0, 0.05) is 4.90 Å². The Bertz CT molecular complexity index is 467. The van der Waals surface area contributed by atoms with E-state index < -0.39 is 12.1 Å². The van der Waals surface area contributed by atoms with Gasteiger partial charge in [-0.25, -0.2) is 4.79 Å². The molecule has 0 spiro atoms. The Hall–Kier alpha value is -1.00. The van der Waals surface area contributed by atoms with Crippen LogP contribution in [0.3, 0.4) is 0 Å². The molecule has 1 aliphatic rings. The lowest BCUT2D eigenvalue weighted by atomic mass is 9.83. The molecule has 4 heteroatoms. The number of aliphatic hydroxyl groups excluding tert-OH is 1. The second kappa shape index (κ2) is 7.14. The predicted molar refractivity (Wildman–Crippen MR) is 81.5 cm³/mol. The number of hydrogen-bond acceptors (Lipinski definition) is 3. The Morgan fingerprint density at radius 3 is 2.60 bits per heavy atom. The molecule has 0 heterocycles. The highest BCUT2D eigenvalue weighted by atomic mass is 32.1. The van der Waals surface area contributed by atoms with Crippen molar-refractivity contribution in [3.8, 4) is 0 Å². The molecule has 0 radical (unpaired) electrons. The first-order valence-corrected chi connectivity index (χ1v) is 7.75. The summed E-state index contributed by atoms with van der Waals surface area (Å²) in [5.41, 5.74) is 2.35. The standard InChI is InChI=1S/C16H22O3S/c17-14(16(18)19)9-7-11-6-8-13(15(20)10-11)12-4-2-1-3-5-12/h6,8,10,12,14,17,20H,1-5,7,9H2,(H,18,19). The molecule has 1 aromatic rings. The fourth-order valence-corrected chi connectivity index (χ4v) is 3.35. The SMILES string of the molecule is O=C(O)C(O)CCc1ccc(C2CCCCC2)c(S)c1. The largest absolute Gasteiger partial charge is 0.479 e. The summed E-state index contributed by atoms with van der Waals surface area (Å²) in [4.78, 5) is 11.6. The molecule has 110 valence electrons. The maximum atomic E-state index is 10.6. The van der Waals surface area contributed by atoms with Crippen LogP contribution < -0.4 is 0 Å². The lowest BCUT2D eigenvalue weighted by Gasteiger charge is -2.23. The van der Waals surface area contributed by atoms with Crippen LogP contribution in [0.2, 0.25) is 0 Å². The summed E-state index contributed by atoms with van der Waals surface area (Å²) in [6.45, 7) is 0. The highest BCUT2D eigenvalue weighted by Gasteiger charge is 2.18. The first-order valence-electron chi connectivity index (χ1n) is 7.30. The summed E-state index contributed by atoms with van der Waals surface area (Å²) < 4.78 is 0. The van der Waals surface area contributed by atoms with Gasteiger partial charge in [-0.1, -0.05) is 31.4 Å². The van der Waals surface area contributed by atoms with Crippen LogP contribution >= 0.6 is 12.6 Å². The van der Waals surface area contributed by atoms with E-state index in [2.05, 4.69) is 18.7 Å². The quantitative estimate of drug-likeness (QED) is 0.730. The van der Waals surface area contributed by atoms with Crippen molar-refractivity contribution >= 4 is 18.6 Å². The van der Waals surface area contributed by atoms with Gasteiger partial charge >= 0.3 is 5.97 Å². The molecular formula is C16H22O3S. The molecule has 0 saturated heterocycles. The number of benzene rings is 1. The van der Waals surface area contributed by atoms with Gasteiger partial charge in [-0.05, 0) is 48.8 Å². The zero-order valence-corrected chi connectivity index (χ0v) is 12.5. The number of thiol groups is 1. The third-order valence-electron chi connectivity index (χ3n) is 4.13. The average molecular weight is 294 g/mol. The van der Waals surface area contributed by atoms with Crippen molar-refractivity contribution in [2.75, 3.05) is 0 Å². The third-order valence-corrected chi connectivity index (χ3v) is 4.52. The summed E-state index contributed by atoms with van der Waals surface area (Å²) in [6.07, 6.45) is 5.93. The number of carbonyl (C=O) groups is 1. The fourth-order valence-electron chi connectivity index (χ4n) is 2.93. The van der Waals surface area contributed by atoms with Crippen molar-refractivity contribution in [1.29, 1.82) is 0 Å². The van der Waals surface area contributed by atoms with E-state index in [9.17, 15) is 9.90 Å². The Balaban J connectivity index is 2.00. The molecule has 1 saturated carbocycles. The molecule has 0 aromatic heterocycles. The maximum Gasteiger partial charge on any atom is 0.332 e. The van der Waals surface area contributed by atoms with Gasteiger partial charge in [0.05, 0.1) is 0 Å². The second-order valence-corrected chi connectivity index (χ2v) is 6.10. The van der Waals surface area contributed by atoms with Crippen molar-refractivity contribution in [1.82, 2.24) is 0 Å². The maximum absolute atomic E-state index is 10.6. The van der Waals surface area contributed by atoms with Crippen LogP contribution in [0.15, 0.2) is 23.1 Å². The first kappa shape index (κ1) is 15.4. The van der Waals surface area contributed by atoms with Crippen LogP contribution in [0, 0.1) is 0 Å². The molecule has 1 unspecified atom stereocenters. The van der Waals surface area contributed by atoms with E-state index in [-0.39, 0.29) is 6.42 Å². The topological polar surface area (TPSA) is 57.5 Å². The number of rotatable bonds is 5. The van der Waals surface area contributed by atoms with Gasteiger partial charge in [0.15, 0.2) is 6.10 Å². The molecule has 0 amide bonds. The van der Waals surface area contributed by atoms with Crippen LogP contribution in [0.1, 0.15) is 55.6 Å². The van der Waals surface area contributed by atoms with E-state index in [0.717, 1.165) is 10.5 Å². The molecule has 1 aromatic carbocycles. The van der Waals surface area contributed by atoms with E-state index in [1.54, 1.807) is 0 Å².